The van der Waals surface area contributed by atoms with E-state index in [1.807, 2.05) is 0 Å². The molecule has 0 saturated heterocycles. The van der Waals surface area contributed by atoms with Crippen LogP contribution in [-0.2, 0) is 10.0 Å². The molecule has 0 aliphatic carbocycles. The molecule has 0 spiro atoms. The number of aromatic nitrogens is 1. The number of hydrogen-bond donors (Lipinski definition) is 2. The Balaban J connectivity index is 2.34. The molecule has 0 saturated carbocycles. The van der Waals surface area contributed by atoms with Gasteiger partial charge < -0.3 is 10.3 Å². The molecule has 0 fully saturated rings. The molecule has 0 unspecified atom stereocenters. The van der Waals surface area contributed by atoms with Crippen LogP contribution in [-0.4, -0.2) is 18.5 Å². The molecule has 2 heterocycles. The molecule has 0 aliphatic heterocycles. The van der Waals surface area contributed by atoms with Gasteiger partial charge in [0.05, 0.1) is 10.6 Å². The predicted molar refractivity (Wildman–Crippen MR) is 67.4 cm³/mol. The van der Waals surface area contributed by atoms with Crippen molar-refractivity contribution in [3.8, 4) is 0 Å². The average Bonchev–Trinajstić information content (AvgIpc) is 2.84. The number of nitrogens with two attached hydrogens (primary N) is 1. The highest BCUT2D eigenvalue weighted by Crippen LogP contribution is 2.35. The van der Waals surface area contributed by atoms with Crippen molar-refractivity contribution in [3.05, 3.63) is 27.9 Å². The van der Waals surface area contributed by atoms with E-state index in [2.05, 4.69) is 9.88 Å². The van der Waals surface area contributed by atoms with Crippen LogP contribution in [0.4, 0.5) is 16.6 Å². The summed E-state index contributed by atoms with van der Waals surface area (Å²) in [6.07, 6.45) is 0. The summed E-state index contributed by atoms with van der Waals surface area (Å²) < 4.78 is 30.4. The Labute approximate surface area is 111 Å². The van der Waals surface area contributed by atoms with E-state index in [4.69, 9.17) is 10.3 Å². The number of nitrogens with zero attached hydrogens (tertiary/aromatic N) is 2. The van der Waals surface area contributed by atoms with Crippen LogP contribution in [0.1, 0.15) is 5.69 Å². The number of nitrogens with one attached hydrogen (secondary N) is 1. The molecule has 0 bridgehead atoms. The molecule has 102 valence electrons. The third kappa shape index (κ3) is 2.66. The largest absolute Gasteiger partial charge is 0.385 e. The molecular weight excluding hydrogens is 296 g/mol. The molecule has 0 radical (unpaired) electrons. The Bertz CT molecular complexity index is 732. The molecule has 3 N–H and O–H groups in total. The summed E-state index contributed by atoms with van der Waals surface area (Å²) in [6.45, 7) is 1.62. The second-order valence-electron chi connectivity index (χ2n) is 3.51. The fourth-order valence-corrected chi connectivity index (χ4v) is 3.43. The van der Waals surface area contributed by atoms with Crippen molar-refractivity contribution in [1.29, 1.82) is 0 Å². The fourth-order valence-electron chi connectivity index (χ4n) is 1.24. The molecule has 0 atom stereocenters. The Morgan fingerprint density at radius 2 is 2.21 bits per heavy atom. The van der Waals surface area contributed by atoms with E-state index in [0.717, 1.165) is 6.07 Å². The van der Waals surface area contributed by atoms with E-state index < -0.39 is 20.6 Å². The van der Waals surface area contributed by atoms with Gasteiger partial charge in [0, 0.05) is 12.1 Å². The molecule has 2 rings (SSSR count). The van der Waals surface area contributed by atoms with Crippen molar-refractivity contribution < 1.29 is 17.9 Å². The third-order valence-corrected chi connectivity index (χ3v) is 4.82. The summed E-state index contributed by atoms with van der Waals surface area (Å²) in [5, 5.41) is 13.9. The van der Waals surface area contributed by atoms with Gasteiger partial charge in [-0.1, -0.05) is 16.5 Å². The topological polar surface area (TPSA) is 141 Å². The van der Waals surface area contributed by atoms with Gasteiger partial charge in [-0.25, -0.2) is 13.1 Å². The van der Waals surface area contributed by atoms with Gasteiger partial charge in [-0.15, -0.1) is 0 Å². The van der Waals surface area contributed by atoms with E-state index in [9.17, 15) is 18.5 Å². The second kappa shape index (κ2) is 4.51. The number of sulfonamides is 1. The van der Waals surface area contributed by atoms with Crippen LogP contribution in [0.3, 0.4) is 0 Å². The lowest BCUT2D eigenvalue weighted by Crippen LogP contribution is -2.10. The van der Waals surface area contributed by atoms with E-state index in [-0.39, 0.29) is 15.1 Å². The van der Waals surface area contributed by atoms with Gasteiger partial charge in [-0.05, 0) is 6.92 Å². The minimum atomic E-state index is -3.98. The van der Waals surface area contributed by atoms with Gasteiger partial charge in [0.15, 0.2) is 5.00 Å². The number of thiophene rings is 1. The van der Waals surface area contributed by atoms with Crippen LogP contribution >= 0.6 is 11.3 Å². The number of rotatable bonds is 4. The third-order valence-electron chi connectivity index (χ3n) is 2.04. The second-order valence-corrected chi connectivity index (χ2v) is 6.50. The number of anilines is 2. The molecule has 19 heavy (non-hydrogen) atoms. The van der Waals surface area contributed by atoms with E-state index in [1.165, 1.54) is 6.07 Å². The predicted octanol–water partition coefficient (Wildman–Crippen LogP) is 1.34. The Morgan fingerprint density at radius 3 is 2.68 bits per heavy atom. The lowest BCUT2D eigenvalue weighted by Gasteiger charge is -2.00. The van der Waals surface area contributed by atoms with Crippen LogP contribution in [0.2, 0.25) is 0 Å². The lowest BCUT2D eigenvalue weighted by atomic mass is 10.5. The van der Waals surface area contributed by atoms with Gasteiger partial charge in [0.2, 0.25) is 5.88 Å². The zero-order chi connectivity index (χ0) is 14.2. The van der Waals surface area contributed by atoms with E-state index >= 15 is 0 Å². The van der Waals surface area contributed by atoms with Gasteiger partial charge in [-0.2, -0.15) is 0 Å². The normalized spacial score (nSPS) is 11.4. The van der Waals surface area contributed by atoms with Crippen LogP contribution in [0, 0.1) is 17.0 Å². The first-order chi connectivity index (χ1) is 8.79. The maximum absolute atomic E-state index is 11.9. The Hall–Kier alpha value is -2.14. The fraction of sp³-hybridized carbons (Fsp3) is 0.125. The Morgan fingerprint density at radius 1 is 1.53 bits per heavy atom. The van der Waals surface area contributed by atoms with Gasteiger partial charge in [0.1, 0.15) is 4.21 Å². The molecule has 0 aliphatic rings. The van der Waals surface area contributed by atoms with Crippen molar-refractivity contribution >= 4 is 37.9 Å². The molecule has 0 aromatic carbocycles. The van der Waals surface area contributed by atoms with Crippen LogP contribution in [0.25, 0.3) is 0 Å². The van der Waals surface area contributed by atoms with Crippen molar-refractivity contribution in [2.45, 2.75) is 11.1 Å². The smallest absolute Gasteiger partial charge is 0.304 e. The minimum absolute atomic E-state index is 0.0767. The maximum atomic E-state index is 11.9. The first kappa shape index (κ1) is 13.3. The van der Waals surface area contributed by atoms with Crippen molar-refractivity contribution in [2.24, 2.45) is 0 Å². The highest BCUT2D eigenvalue weighted by Gasteiger charge is 2.25. The summed E-state index contributed by atoms with van der Waals surface area (Å²) in [4.78, 5) is 9.87. The highest BCUT2D eigenvalue weighted by molar-refractivity contribution is 7.94. The number of hydrogen-bond acceptors (Lipinski definition) is 8. The van der Waals surface area contributed by atoms with Gasteiger partial charge >= 0.3 is 5.69 Å². The van der Waals surface area contributed by atoms with Crippen LogP contribution in [0.5, 0.6) is 0 Å². The molecular formula is C8H8N4O5S2. The SMILES string of the molecule is Cc1cc(NS(=O)(=O)c2cc([N+](=O)[O-])c(N)s2)on1. The first-order valence-corrected chi connectivity index (χ1v) is 7.09. The summed E-state index contributed by atoms with van der Waals surface area (Å²) in [6, 6.07) is 2.27. The van der Waals surface area contributed by atoms with Crippen LogP contribution in [0.15, 0.2) is 20.9 Å². The summed E-state index contributed by atoms with van der Waals surface area (Å²) in [5.74, 6) is -0.0767. The summed E-state index contributed by atoms with van der Waals surface area (Å²) in [7, 11) is -3.98. The van der Waals surface area contributed by atoms with E-state index in [1.54, 1.807) is 6.92 Å². The molecule has 2 aromatic heterocycles. The number of nitrogen functional groups attached to an aromatic ring is 1. The average molecular weight is 304 g/mol. The van der Waals surface area contributed by atoms with Crippen LogP contribution < -0.4 is 10.5 Å². The minimum Gasteiger partial charge on any atom is -0.385 e. The molecule has 0 amide bonds. The molecule has 9 nitrogen and oxygen atoms in total. The Kier molecular flexibility index (Phi) is 3.16. The number of nitro groups is 1. The van der Waals surface area contributed by atoms with Crippen molar-refractivity contribution in [1.82, 2.24) is 5.16 Å². The highest BCUT2D eigenvalue weighted by atomic mass is 32.2. The monoisotopic (exact) mass is 304 g/mol. The number of aryl methyl sites for hydroxylation is 1. The van der Waals surface area contributed by atoms with Crippen molar-refractivity contribution in [2.75, 3.05) is 10.5 Å². The summed E-state index contributed by atoms with van der Waals surface area (Å²) >= 11 is 0.599. The lowest BCUT2D eigenvalue weighted by molar-refractivity contribution is -0.383. The van der Waals surface area contributed by atoms with Gasteiger partial charge in [-0.3, -0.25) is 10.1 Å². The maximum Gasteiger partial charge on any atom is 0.304 e. The van der Waals surface area contributed by atoms with Gasteiger partial charge in [0.25, 0.3) is 10.0 Å². The van der Waals surface area contributed by atoms with Crippen molar-refractivity contribution in [3.63, 3.8) is 0 Å². The quantitative estimate of drug-likeness (QED) is 0.641. The standard InChI is InChI=1S/C8H8N4O5S2/c1-4-2-6(17-10-4)11-19(15,16)7-3-5(12(13)14)8(9)18-7/h2-3,11H,9H2,1H3. The van der Waals surface area contributed by atoms with E-state index in [0.29, 0.717) is 17.0 Å². The molecule has 11 heteroatoms. The zero-order valence-corrected chi connectivity index (χ0v) is 11.1. The zero-order valence-electron chi connectivity index (χ0n) is 9.48. The first-order valence-electron chi connectivity index (χ1n) is 4.79. The summed E-state index contributed by atoms with van der Waals surface area (Å²) in [5.41, 5.74) is 5.43. The molecule has 2 aromatic rings.